The minimum atomic E-state index is -0.544. The highest BCUT2D eigenvalue weighted by Gasteiger charge is 2.22. The van der Waals surface area contributed by atoms with Gasteiger partial charge in [-0.3, -0.25) is 4.90 Å². The fraction of sp³-hybridized carbons (Fsp3) is 0.500. The van der Waals surface area contributed by atoms with Crippen molar-refractivity contribution < 1.29 is 14.6 Å². The van der Waals surface area contributed by atoms with E-state index in [-0.39, 0.29) is 12.0 Å². The van der Waals surface area contributed by atoms with Gasteiger partial charge in [-0.05, 0) is 41.8 Å². The third-order valence-corrected chi connectivity index (χ3v) is 5.68. The second-order valence-corrected chi connectivity index (χ2v) is 9.28. The Hall–Kier alpha value is -1.95. The number of aliphatic hydroxyl groups excluding tert-OH is 1. The van der Waals surface area contributed by atoms with Gasteiger partial charge in [0.2, 0.25) is 0 Å². The van der Waals surface area contributed by atoms with Crippen LogP contribution in [0, 0.1) is 0 Å². The molecule has 1 saturated heterocycles. The Morgan fingerprint density at radius 3 is 2.43 bits per heavy atom. The molecule has 1 fully saturated rings. The first kappa shape index (κ1) is 22.7. The maximum atomic E-state index is 10.6. The molecule has 30 heavy (non-hydrogen) atoms. The van der Waals surface area contributed by atoms with Crippen LogP contribution < -0.4 is 14.4 Å². The standard InChI is InChI=1S/C24H33ClN2O3/c1-24(2,3)22-15-21(29-4)8-9-23(22)30-17-20(28)16-26-10-12-27(13-11-26)19-7-5-6-18(25)14-19/h5-9,14-15,20,28H,10-13,16-17H2,1-4H3/t20-/m0/s1. The van der Waals surface area contributed by atoms with Gasteiger partial charge in [-0.1, -0.05) is 38.4 Å². The molecule has 1 heterocycles. The molecule has 1 N–H and O–H groups in total. The Morgan fingerprint density at radius 2 is 1.80 bits per heavy atom. The SMILES string of the molecule is COc1ccc(OC[C@@H](O)CN2CCN(c3cccc(Cl)c3)CC2)c(C(C)(C)C)c1. The van der Waals surface area contributed by atoms with E-state index >= 15 is 0 Å². The third kappa shape index (κ3) is 6.03. The van der Waals surface area contributed by atoms with E-state index in [9.17, 15) is 5.11 Å². The number of aliphatic hydroxyl groups is 1. The van der Waals surface area contributed by atoms with E-state index in [1.54, 1.807) is 7.11 Å². The van der Waals surface area contributed by atoms with Gasteiger partial charge in [0.05, 0.1) is 7.11 Å². The first-order chi connectivity index (χ1) is 14.3. The van der Waals surface area contributed by atoms with Gasteiger partial charge in [0, 0.05) is 49.0 Å². The van der Waals surface area contributed by atoms with Gasteiger partial charge in [-0.2, -0.15) is 0 Å². The molecule has 0 spiro atoms. The molecule has 6 heteroatoms. The summed E-state index contributed by atoms with van der Waals surface area (Å²) in [6.45, 7) is 10.9. The lowest BCUT2D eigenvalue weighted by atomic mass is 9.86. The topological polar surface area (TPSA) is 45.2 Å². The predicted molar refractivity (Wildman–Crippen MR) is 123 cm³/mol. The number of benzene rings is 2. The summed E-state index contributed by atoms with van der Waals surface area (Å²) in [5, 5.41) is 11.3. The van der Waals surface area contributed by atoms with Crippen LogP contribution in [0.5, 0.6) is 11.5 Å². The molecule has 0 unspecified atom stereocenters. The summed E-state index contributed by atoms with van der Waals surface area (Å²) in [6, 6.07) is 13.8. The highest BCUT2D eigenvalue weighted by molar-refractivity contribution is 6.30. The molecule has 0 radical (unpaired) electrons. The normalized spacial score (nSPS) is 16.4. The van der Waals surface area contributed by atoms with Crippen molar-refractivity contribution in [2.45, 2.75) is 32.3 Å². The van der Waals surface area contributed by atoms with Crippen LogP contribution in [0.1, 0.15) is 26.3 Å². The van der Waals surface area contributed by atoms with Gasteiger partial charge in [0.25, 0.3) is 0 Å². The average Bonchev–Trinajstić information content (AvgIpc) is 2.72. The average molecular weight is 433 g/mol. The molecule has 0 saturated carbocycles. The zero-order valence-electron chi connectivity index (χ0n) is 18.4. The van der Waals surface area contributed by atoms with Gasteiger partial charge in [-0.15, -0.1) is 0 Å². The second kappa shape index (κ2) is 9.90. The lowest BCUT2D eigenvalue weighted by Gasteiger charge is -2.37. The molecule has 1 aliphatic heterocycles. The molecule has 0 amide bonds. The molecule has 0 aromatic heterocycles. The summed E-state index contributed by atoms with van der Waals surface area (Å²) < 4.78 is 11.4. The Bertz CT molecular complexity index is 829. The molecule has 1 atom stereocenters. The summed E-state index contributed by atoms with van der Waals surface area (Å²) in [5.41, 5.74) is 2.15. The Balaban J connectivity index is 1.51. The van der Waals surface area contributed by atoms with Gasteiger partial charge >= 0.3 is 0 Å². The number of methoxy groups -OCH3 is 1. The molecule has 2 aromatic carbocycles. The second-order valence-electron chi connectivity index (χ2n) is 8.84. The van der Waals surface area contributed by atoms with Crippen molar-refractivity contribution in [3.8, 4) is 11.5 Å². The summed E-state index contributed by atoms with van der Waals surface area (Å²) in [6.07, 6.45) is -0.544. The van der Waals surface area contributed by atoms with E-state index in [2.05, 4.69) is 36.6 Å². The fourth-order valence-corrected chi connectivity index (χ4v) is 3.93. The van der Waals surface area contributed by atoms with E-state index in [1.165, 1.54) is 0 Å². The number of nitrogens with zero attached hydrogens (tertiary/aromatic N) is 2. The van der Waals surface area contributed by atoms with Crippen LogP contribution in [-0.4, -0.2) is 62.6 Å². The van der Waals surface area contributed by atoms with E-state index in [0.717, 1.165) is 54.0 Å². The quantitative estimate of drug-likeness (QED) is 0.710. The lowest BCUT2D eigenvalue weighted by Crippen LogP contribution is -2.49. The molecule has 5 nitrogen and oxygen atoms in total. The van der Waals surface area contributed by atoms with Crippen molar-refractivity contribution >= 4 is 17.3 Å². The monoisotopic (exact) mass is 432 g/mol. The van der Waals surface area contributed by atoms with Crippen molar-refractivity contribution in [3.05, 3.63) is 53.1 Å². The van der Waals surface area contributed by atoms with Crippen LogP contribution >= 0.6 is 11.6 Å². The van der Waals surface area contributed by atoms with Crippen molar-refractivity contribution in [1.82, 2.24) is 4.90 Å². The third-order valence-electron chi connectivity index (χ3n) is 5.44. The van der Waals surface area contributed by atoms with Crippen LogP contribution in [0.25, 0.3) is 0 Å². The zero-order chi connectivity index (χ0) is 21.7. The number of hydrogen-bond donors (Lipinski definition) is 1. The minimum absolute atomic E-state index is 0.0779. The number of β-amino-alcohol motifs (C(OH)–C–C–N with tert-alkyl or cyclic N) is 1. The number of anilines is 1. The Kier molecular flexibility index (Phi) is 7.50. The Labute approximate surface area is 185 Å². The molecule has 0 aliphatic carbocycles. The molecule has 164 valence electrons. The van der Waals surface area contributed by atoms with Crippen molar-refractivity contribution in [2.75, 3.05) is 51.3 Å². The van der Waals surface area contributed by atoms with Crippen LogP contribution in [0.15, 0.2) is 42.5 Å². The maximum absolute atomic E-state index is 10.6. The van der Waals surface area contributed by atoms with Gasteiger partial charge in [0.1, 0.15) is 24.2 Å². The smallest absolute Gasteiger partial charge is 0.123 e. The molecular weight excluding hydrogens is 400 g/mol. The molecule has 3 rings (SSSR count). The summed E-state index contributed by atoms with van der Waals surface area (Å²) in [5.74, 6) is 1.61. The van der Waals surface area contributed by atoms with Gasteiger partial charge in [-0.25, -0.2) is 0 Å². The van der Waals surface area contributed by atoms with Crippen molar-refractivity contribution in [3.63, 3.8) is 0 Å². The van der Waals surface area contributed by atoms with Crippen LogP contribution in [0.4, 0.5) is 5.69 Å². The minimum Gasteiger partial charge on any atom is -0.497 e. The van der Waals surface area contributed by atoms with Crippen LogP contribution in [0.3, 0.4) is 0 Å². The van der Waals surface area contributed by atoms with Crippen LogP contribution in [0.2, 0.25) is 5.02 Å². The van der Waals surface area contributed by atoms with Crippen molar-refractivity contribution in [1.29, 1.82) is 0 Å². The molecular formula is C24H33ClN2O3. The summed E-state index contributed by atoms with van der Waals surface area (Å²) in [4.78, 5) is 4.62. The number of ether oxygens (including phenoxy) is 2. The number of hydrogen-bond acceptors (Lipinski definition) is 5. The van der Waals surface area contributed by atoms with Crippen molar-refractivity contribution in [2.24, 2.45) is 0 Å². The van der Waals surface area contributed by atoms with Gasteiger partial charge < -0.3 is 19.5 Å². The summed E-state index contributed by atoms with van der Waals surface area (Å²) in [7, 11) is 1.66. The first-order valence-corrected chi connectivity index (χ1v) is 10.9. The first-order valence-electron chi connectivity index (χ1n) is 10.5. The lowest BCUT2D eigenvalue weighted by molar-refractivity contribution is 0.0656. The van der Waals surface area contributed by atoms with Gasteiger partial charge in [0.15, 0.2) is 0 Å². The van der Waals surface area contributed by atoms with E-state index in [1.807, 2.05) is 36.4 Å². The summed E-state index contributed by atoms with van der Waals surface area (Å²) >= 11 is 6.11. The number of rotatable bonds is 7. The molecule has 0 bridgehead atoms. The highest BCUT2D eigenvalue weighted by atomic mass is 35.5. The van der Waals surface area contributed by atoms with E-state index in [4.69, 9.17) is 21.1 Å². The van der Waals surface area contributed by atoms with Crippen LogP contribution in [-0.2, 0) is 5.41 Å². The molecule has 1 aliphatic rings. The van der Waals surface area contributed by atoms with E-state index < -0.39 is 6.10 Å². The number of halogens is 1. The highest BCUT2D eigenvalue weighted by Crippen LogP contribution is 2.34. The molecule has 2 aromatic rings. The Morgan fingerprint density at radius 1 is 1.07 bits per heavy atom. The maximum Gasteiger partial charge on any atom is 0.123 e. The fourth-order valence-electron chi connectivity index (χ4n) is 3.75. The van der Waals surface area contributed by atoms with E-state index in [0.29, 0.717) is 6.54 Å². The predicted octanol–water partition coefficient (Wildman–Crippen LogP) is 4.21. The zero-order valence-corrected chi connectivity index (χ0v) is 19.2. The largest absolute Gasteiger partial charge is 0.497 e. The number of piperazine rings is 1.